The third-order valence-electron chi connectivity index (χ3n) is 4.64. The van der Waals surface area contributed by atoms with Crippen molar-refractivity contribution in [1.29, 1.82) is 5.26 Å². The topological polar surface area (TPSA) is 53.1 Å². The average molecular weight is 293 g/mol. The van der Waals surface area contributed by atoms with Gasteiger partial charge in [-0.15, -0.1) is 0 Å². The van der Waals surface area contributed by atoms with E-state index in [2.05, 4.69) is 35.0 Å². The molecule has 4 nitrogen and oxygen atoms in total. The van der Waals surface area contributed by atoms with E-state index in [1.807, 2.05) is 12.1 Å². The van der Waals surface area contributed by atoms with Gasteiger partial charge in [0, 0.05) is 18.2 Å². The fraction of sp³-hybridized carbons (Fsp3) is 0.444. The smallest absolute Gasteiger partial charge is 0.129 e. The molecular formula is C18H19N3O. The van der Waals surface area contributed by atoms with E-state index in [1.165, 1.54) is 19.3 Å². The molecule has 0 amide bonds. The molecule has 2 atom stereocenters. The normalized spacial score (nSPS) is 23.1. The van der Waals surface area contributed by atoms with Gasteiger partial charge in [0.15, 0.2) is 0 Å². The van der Waals surface area contributed by atoms with Gasteiger partial charge < -0.3 is 9.32 Å². The van der Waals surface area contributed by atoms with E-state index >= 15 is 0 Å². The molecule has 4 rings (SSSR count). The van der Waals surface area contributed by atoms with Gasteiger partial charge in [-0.05, 0) is 49.4 Å². The van der Waals surface area contributed by atoms with E-state index in [4.69, 9.17) is 9.68 Å². The second kappa shape index (κ2) is 5.17. The summed E-state index contributed by atoms with van der Waals surface area (Å²) in [5.41, 5.74) is 0.600. The lowest BCUT2D eigenvalue weighted by Crippen LogP contribution is -2.25. The molecular weight excluding hydrogens is 274 g/mol. The third kappa shape index (κ3) is 2.59. The first kappa shape index (κ1) is 13.4. The lowest BCUT2D eigenvalue weighted by Gasteiger charge is -2.22. The molecule has 2 aliphatic carbocycles. The van der Waals surface area contributed by atoms with Gasteiger partial charge in [-0.3, -0.25) is 0 Å². The highest BCUT2D eigenvalue weighted by molar-refractivity contribution is 5.44. The monoisotopic (exact) mass is 293 g/mol. The lowest BCUT2D eigenvalue weighted by atomic mass is 10.2. The predicted molar refractivity (Wildman–Crippen MR) is 83.4 cm³/mol. The van der Waals surface area contributed by atoms with Gasteiger partial charge in [0.05, 0.1) is 12.1 Å². The number of hydrogen-bond acceptors (Lipinski definition) is 4. The first-order valence-corrected chi connectivity index (χ1v) is 7.96. The minimum Gasteiger partial charge on any atom is -0.464 e. The van der Waals surface area contributed by atoms with Crippen LogP contribution in [-0.4, -0.2) is 11.0 Å². The molecule has 0 N–H and O–H groups in total. The van der Waals surface area contributed by atoms with Gasteiger partial charge in [-0.1, -0.05) is 6.92 Å². The number of anilines is 1. The molecule has 4 heteroatoms. The van der Waals surface area contributed by atoms with Crippen molar-refractivity contribution in [3.8, 4) is 6.07 Å². The summed E-state index contributed by atoms with van der Waals surface area (Å²) in [6, 6.07) is 10.7. The van der Waals surface area contributed by atoms with Crippen LogP contribution in [0.25, 0.3) is 0 Å². The van der Waals surface area contributed by atoms with Crippen molar-refractivity contribution in [2.24, 2.45) is 5.92 Å². The molecule has 2 saturated carbocycles. The van der Waals surface area contributed by atoms with Crippen molar-refractivity contribution in [3.05, 3.63) is 47.5 Å². The maximum Gasteiger partial charge on any atom is 0.129 e. The minimum atomic E-state index is 0.550. The summed E-state index contributed by atoms with van der Waals surface area (Å²) in [4.78, 5) is 6.73. The fourth-order valence-electron chi connectivity index (χ4n) is 2.97. The lowest BCUT2D eigenvalue weighted by molar-refractivity contribution is 0.456. The van der Waals surface area contributed by atoms with E-state index in [1.54, 1.807) is 6.20 Å². The molecule has 2 aromatic heterocycles. The van der Waals surface area contributed by atoms with Crippen LogP contribution in [0.1, 0.15) is 49.2 Å². The Kier molecular flexibility index (Phi) is 3.15. The largest absolute Gasteiger partial charge is 0.464 e. The van der Waals surface area contributed by atoms with Crippen LogP contribution in [0.4, 0.5) is 5.82 Å². The van der Waals surface area contributed by atoms with Gasteiger partial charge in [-0.2, -0.15) is 5.26 Å². The average Bonchev–Trinajstić information content (AvgIpc) is 3.46. The standard InChI is InChI=1S/C18H19N3O/c1-12-8-16(12)17-6-5-15(22-17)11-21(14-3-4-14)18-7-2-13(9-19)10-20-18/h2,5-7,10,12,14,16H,3-4,8,11H2,1H3/t12-,16+/m0/s1. The Morgan fingerprint density at radius 3 is 2.73 bits per heavy atom. The van der Waals surface area contributed by atoms with E-state index in [0.29, 0.717) is 17.5 Å². The number of nitrogens with zero attached hydrogens (tertiary/aromatic N) is 3. The van der Waals surface area contributed by atoms with Crippen LogP contribution in [0.3, 0.4) is 0 Å². The summed E-state index contributed by atoms with van der Waals surface area (Å²) in [5.74, 6) is 4.45. The predicted octanol–water partition coefficient (Wildman–Crippen LogP) is 3.84. The first-order chi connectivity index (χ1) is 10.7. The first-order valence-electron chi connectivity index (χ1n) is 7.96. The summed E-state index contributed by atoms with van der Waals surface area (Å²) in [6.07, 6.45) is 5.30. The van der Waals surface area contributed by atoms with Gasteiger partial charge in [0.1, 0.15) is 23.4 Å². The molecule has 0 spiro atoms. The van der Waals surface area contributed by atoms with Crippen molar-refractivity contribution < 1.29 is 4.42 Å². The minimum absolute atomic E-state index is 0.550. The van der Waals surface area contributed by atoms with Crippen LogP contribution in [0.15, 0.2) is 34.9 Å². The quantitative estimate of drug-likeness (QED) is 0.840. The van der Waals surface area contributed by atoms with Crippen LogP contribution < -0.4 is 4.90 Å². The Morgan fingerprint density at radius 1 is 1.32 bits per heavy atom. The fourth-order valence-corrected chi connectivity index (χ4v) is 2.97. The summed E-state index contributed by atoms with van der Waals surface area (Å²) in [7, 11) is 0. The number of nitriles is 1. The highest BCUT2D eigenvalue weighted by Crippen LogP contribution is 2.47. The van der Waals surface area contributed by atoms with E-state index in [-0.39, 0.29) is 0 Å². The van der Waals surface area contributed by atoms with E-state index < -0.39 is 0 Å². The maximum absolute atomic E-state index is 8.89. The van der Waals surface area contributed by atoms with Crippen molar-refractivity contribution in [2.75, 3.05) is 4.90 Å². The van der Waals surface area contributed by atoms with Crippen LogP contribution in [0.2, 0.25) is 0 Å². The van der Waals surface area contributed by atoms with Crippen molar-refractivity contribution in [1.82, 2.24) is 4.98 Å². The molecule has 0 aliphatic heterocycles. The number of aromatic nitrogens is 1. The molecule has 0 unspecified atom stereocenters. The van der Waals surface area contributed by atoms with Gasteiger partial charge in [0.2, 0.25) is 0 Å². The molecule has 112 valence electrons. The zero-order valence-electron chi connectivity index (χ0n) is 12.7. The Hall–Kier alpha value is -2.28. The van der Waals surface area contributed by atoms with E-state index in [9.17, 15) is 0 Å². The Labute approximate surface area is 130 Å². The highest BCUT2D eigenvalue weighted by atomic mass is 16.3. The number of pyridine rings is 1. The maximum atomic E-state index is 8.89. The summed E-state index contributed by atoms with van der Waals surface area (Å²) in [5, 5.41) is 8.89. The summed E-state index contributed by atoms with van der Waals surface area (Å²) < 4.78 is 6.03. The van der Waals surface area contributed by atoms with Crippen LogP contribution in [0, 0.1) is 17.2 Å². The van der Waals surface area contributed by atoms with Crippen molar-refractivity contribution in [3.63, 3.8) is 0 Å². The van der Waals surface area contributed by atoms with Gasteiger partial charge >= 0.3 is 0 Å². The SMILES string of the molecule is C[C@H]1C[C@H]1c1ccc(CN(c2ccc(C#N)cn2)C2CC2)o1. The zero-order valence-corrected chi connectivity index (χ0v) is 12.7. The molecule has 22 heavy (non-hydrogen) atoms. The van der Waals surface area contributed by atoms with Crippen LogP contribution in [-0.2, 0) is 6.54 Å². The Bertz CT molecular complexity index is 709. The van der Waals surface area contributed by atoms with Crippen molar-refractivity contribution >= 4 is 5.82 Å². The molecule has 2 aliphatic rings. The molecule has 2 heterocycles. The number of rotatable bonds is 5. The van der Waals surface area contributed by atoms with Gasteiger partial charge in [0.25, 0.3) is 0 Å². The zero-order chi connectivity index (χ0) is 15.1. The molecule has 0 radical (unpaired) electrons. The second-order valence-corrected chi connectivity index (χ2v) is 6.50. The second-order valence-electron chi connectivity index (χ2n) is 6.50. The van der Waals surface area contributed by atoms with Crippen LogP contribution >= 0.6 is 0 Å². The summed E-state index contributed by atoms with van der Waals surface area (Å²) in [6.45, 7) is 3.02. The molecule has 0 aromatic carbocycles. The Balaban J connectivity index is 1.52. The number of hydrogen-bond donors (Lipinski definition) is 0. The Morgan fingerprint density at radius 2 is 2.14 bits per heavy atom. The third-order valence-corrected chi connectivity index (χ3v) is 4.64. The highest BCUT2D eigenvalue weighted by Gasteiger charge is 2.37. The molecule has 2 aromatic rings. The molecule has 0 saturated heterocycles. The van der Waals surface area contributed by atoms with Gasteiger partial charge in [-0.25, -0.2) is 4.98 Å². The van der Waals surface area contributed by atoms with Crippen LogP contribution in [0.5, 0.6) is 0 Å². The number of furan rings is 1. The van der Waals surface area contributed by atoms with E-state index in [0.717, 1.165) is 29.8 Å². The molecule has 2 fully saturated rings. The summed E-state index contributed by atoms with van der Waals surface area (Å²) >= 11 is 0. The van der Waals surface area contributed by atoms with Crippen molar-refractivity contribution in [2.45, 2.75) is 44.7 Å². The molecule has 0 bridgehead atoms.